The smallest absolute Gasteiger partial charge is 0.243 e. The van der Waals surface area contributed by atoms with Crippen LogP contribution in [0, 0.1) is 5.92 Å². The summed E-state index contributed by atoms with van der Waals surface area (Å²) in [6, 6.07) is 10.4. The molecule has 1 aromatic heterocycles. The van der Waals surface area contributed by atoms with E-state index in [1.807, 2.05) is 18.3 Å². The Labute approximate surface area is 188 Å². The zero-order valence-electron chi connectivity index (χ0n) is 17.8. The number of nitrogens with one attached hydrogen (secondary N) is 2. The summed E-state index contributed by atoms with van der Waals surface area (Å²) in [6.45, 7) is 2.50. The molecular formula is C22H29N7O2S. The van der Waals surface area contributed by atoms with Gasteiger partial charge in [-0.25, -0.2) is 13.4 Å². The summed E-state index contributed by atoms with van der Waals surface area (Å²) in [5, 5.41) is 6.38. The highest BCUT2D eigenvalue weighted by molar-refractivity contribution is 7.89. The molecule has 1 saturated heterocycles. The molecule has 0 amide bonds. The molecule has 0 radical (unpaired) electrons. The molecule has 6 N–H and O–H groups in total. The number of nitrogens with zero attached hydrogens (tertiary/aromatic N) is 3. The van der Waals surface area contributed by atoms with Gasteiger partial charge in [0, 0.05) is 43.8 Å². The van der Waals surface area contributed by atoms with Crippen LogP contribution in [0.1, 0.15) is 24.0 Å². The van der Waals surface area contributed by atoms with Crippen molar-refractivity contribution in [1.29, 1.82) is 0 Å². The molecule has 0 spiro atoms. The zero-order valence-corrected chi connectivity index (χ0v) is 18.6. The monoisotopic (exact) mass is 455 g/mol. The molecule has 2 unspecified atom stereocenters. The second kappa shape index (κ2) is 9.37. The van der Waals surface area contributed by atoms with Gasteiger partial charge in [-0.2, -0.15) is 4.31 Å². The lowest BCUT2D eigenvalue weighted by atomic mass is 10.00. The number of hydrogen-bond acceptors (Lipinski definition) is 8. The van der Waals surface area contributed by atoms with Crippen molar-refractivity contribution < 1.29 is 8.42 Å². The lowest BCUT2D eigenvalue weighted by Gasteiger charge is -2.32. The third-order valence-electron chi connectivity index (χ3n) is 5.76. The van der Waals surface area contributed by atoms with Gasteiger partial charge < -0.3 is 16.4 Å². The second-order valence-electron chi connectivity index (χ2n) is 8.17. The van der Waals surface area contributed by atoms with E-state index in [9.17, 15) is 8.42 Å². The van der Waals surface area contributed by atoms with Crippen LogP contribution < -0.4 is 22.1 Å². The first-order chi connectivity index (χ1) is 15.4. The molecule has 32 heavy (non-hydrogen) atoms. The zero-order chi connectivity index (χ0) is 22.6. The first-order valence-corrected chi connectivity index (χ1v) is 12.1. The van der Waals surface area contributed by atoms with Gasteiger partial charge in [0.15, 0.2) is 0 Å². The van der Waals surface area contributed by atoms with Crippen molar-refractivity contribution in [3.05, 3.63) is 72.2 Å². The van der Waals surface area contributed by atoms with Crippen molar-refractivity contribution in [2.45, 2.75) is 30.1 Å². The largest absolute Gasteiger partial charge is 0.384 e. The number of piperidine rings is 1. The van der Waals surface area contributed by atoms with E-state index in [-0.39, 0.29) is 10.8 Å². The van der Waals surface area contributed by atoms with Gasteiger partial charge in [-0.1, -0.05) is 18.2 Å². The second-order valence-corrected chi connectivity index (χ2v) is 10.1. The van der Waals surface area contributed by atoms with E-state index in [2.05, 4.69) is 20.6 Å². The van der Waals surface area contributed by atoms with Crippen LogP contribution in [0.25, 0.3) is 0 Å². The molecule has 0 bridgehead atoms. The molecule has 10 heteroatoms. The van der Waals surface area contributed by atoms with E-state index in [1.165, 1.54) is 0 Å². The van der Waals surface area contributed by atoms with Crippen LogP contribution in [0.3, 0.4) is 0 Å². The van der Waals surface area contributed by atoms with Crippen LogP contribution >= 0.6 is 0 Å². The van der Waals surface area contributed by atoms with E-state index in [4.69, 9.17) is 11.5 Å². The minimum atomic E-state index is -3.59. The molecule has 3 heterocycles. The van der Waals surface area contributed by atoms with Crippen molar-refractivity contribution in [1.82, 2.24) is 19.9 Å². The van der Waals surface area contributed by atoms with Gasteiger partial charge in [0.25, 0.3) is 0 Å². The average Bonchev–Trinajstić information content (AvgIpc) is 2.80. The average molecular weight is 456 g/mol. The summed E-state index contributed by atoms with van der Waals surface area (Å²) in [6.07, 6.45) is 8.66. The van der Waals surface area contributed by atoms with Gasteiger partial charge in [0.2, 0.25) is 15.8 Å². The number of hydrogen-bond donors (Lipinski definition) is 4. The Kier molecular flexibility index (Phi) is 6.56. The Morgan fingerprint density at radius 2 is 2.06 bits per heavy atom. The number of aliphatic imine (C=N–C) groups is 1. The summed E-state index contributed by atoms with van der Waals surface area (Å²) in [7, 11) is -3.59. The van der Waals surface area contributed by atoms with E-state index in [1.54, 1.807) is 47.0 Å². The predicted molar refractivity (Wildman–Crippen MR) is 124 cm³/mol. The summed E-state index contributed by atoms with van der Waals surface area (Å²) < 4.78 is 28.1. The number of benzene rings is 1. The normalized spacial score (nSPS) is 24.0. The number of amidine groups is 1. The molecule has 170 valence electrons. The molecule has 0 saturated carbocycles. The molecular weight excluding hydrogens is 426 g/mol. The van der Waals surface area contributed by atoms with Gasteiger partial charge in [-0.3, -0.25) is 10.7 Å². The number of sulfonamides is 1. The molecule has 2 aromatic rings. The van der Waals surface area contributed by atoms with Crippen molar-refractivity contribution in [2.75, 3.05) is 19.6 Å². The van der Waals surface area contributed by atoms with E-state index >= 15 is 0 Å². The van der Waals surface area contributed by atoms with Crippen LogP contribution in [-0.4, -0.2) is 43.2 Å². The Hall–Kier alpha value is -2.79. The molecule has 4 rings (SSSR count). The van der Waals surface area contributed by atoms with E-state index in [0.717, 1.165) is 31.5 Å². The summed E-state index contributed by atoms with van der Waals surface area (Å²) >= 11 is 0. The highest BCUT2D eigenvalue weighted by atomic mass is 32.2. The maximum Gasteiger partial charge on any atom is 0.243 e. The minimum absolute atomic E-state index is 0.247. The number of aromatic nitrogens is 1. The van der Waals surface area contributed by atoms with Gasteiger partial charge in [-0.05, 0) is 55.1 Å². The fraction of sp³-hybridized carbons (Fsp3) is 0.364. The predicted octanol–water partition coefficient (Wildman–Crippen LogP) is 0.815. The standard InChI is InChI=1S/C22H29N7O2S/c23-21-9-11-27-22(24,28-21)19-5-7-20(8-6-19)32(30,31)29-12-2-4-18(16-29)15-26-14-17-3-1-10-25-13-17/h1,3,5-11,13,18,26-27H,2,4,12,14-16,24H2,(H2,23,28). The topological polar surface area (TPSA) is 139 Å². The molecule has 1 fully saturated rings. The van der Waals surface area contributed by atoms with Crippen LogP contribution in [0.2, 0.25) is 0 Å². The summed E-state index contributed by atoms with van der Waals surface area (Å²) in [5.41, 5.74) is 13.8. The third kappa shape index (κ3) is 4.99. The Morgan fingerprint density at radius 1 is 1.25 bits per heavy atom. The first kappa shape index (κ1) is 22.4. The van der Waals surface area contributed by atoms with Gasteiger partial charge in [-0.15, -0.1) is 0 Å². The highest BCUT2D eigenvalue weighted by Gasteiger charge is 2.32. The van der Waals surface area contributed by atoms with Crippen molar-refractivity contribution in [3.63, 3.8) is 0 Å². The number of rotatable bonds is 7. The molecule has 2 atom stereocenters. The fourth-order valence-electron chi connectivity index (χ4n) is 4.04. The Bertz CT molecular complexity index is 1090. The summed E-state index contributed by atoms with van der Waals surface area (Å²) in [5.74, 6) is -0.645. The van der Waals surface area contributed by atoms with Gasteiger partial charge >= 0.3 is 0 Å². The Morgan fingerprint density at radius 3 is 2.78 bits per heavy atom. The molecule has 2 aliphatic rings. The minimum Gasteiger partial charge on any atom is -0.384 e. The maximum absolute atomic E-state index is 13.2. The SMILES string of the molecule is NC1=NC(N)(c2ccc(S(=O)(=O)N3CCCC(CNCc4cccnc4)C3)cc2)NC=C1. The lowest BCUT2D eigenvalue weighted by molar-refractivity contribution is 0.260. The van der Waals surface area contributed by atoms with Gasteiger partial charge in [0.05, 0.1) is 4.90 Å². The number of nitrogens with two attached hydrogens (primary N) is 2. The molecule has 2 aliphatic heterocycles. The van der Waals surface area contributed by atoms with Gasteiger partial charge in [0.1, 0.15) is 5.84 Å². The molecule has 9 nitrogen and oxygen atoms in total. The Balaban J connectivity index is 1.39. The van der Waals surface area contributed by atoms with Crippen LogP contribution in [0.4, 0.5) is 0 Å². The number of pyridine rings is 1. The van der Waals surface area contributed by atoms with Crippen molar-refractivity contribution >= 4 is 15.9 Å². The highest BCUT2D eigenvalue weighted by Crippen LogP contribution is 2.26. The van der Waals surface area contributed by atoms with Crippen LogP contribution in [0.5, 0.6) is 0 Å². The van der Waals surface area contributed by atoms with Crippen molar-refractivity contribution in [3.8, 4) is 0 Å². The van der Waals surface area contributed by atoms with Crippen LogP contribution in [-0.2, 0) is 22.4 Å². The van der Waals surface area contributed by atoms with Crippen molar-refractivity contribution in [2.24, 2.45) is 22.4 Å². The van der Waals surface area contributed by atoms with Crippen LogP contribution in [0.15, 0.2) is 71.0 Å². The quantitative estimate of drug-likeness (QED) is 0.485. The first-order valence-electron chi connectivity index (χ1n) is 10.7. The maximum atomic E-state index is 13.2. The molecule has 0 aliphatic carbocycles. The summed E-state index contributed by atoms with van der Waals surface area (Å²) in [4.78, 5) is 8.59. The van der Waals surface area contributed by atoms with E-state index in [0.29, 0.717) is 24.5 Å². The molecule has 1 aromatic carbocycles. The fourth-order valence-corrected chi connectivity index (χ4v) is 5.60. The lowest BCUT2D eigenvalue weighted by Crippen LogP contribution is -2.49. The van der Waals surface area contributed by atoms with E-state index < -0.39 is 15.8 Å². The third-order valence-corrected chi connectivity index (χ3v) is 7.64.